The van der Waals surface area contributed by atoms with Gasteiger partial charge >= 0.3 is 0 Å². The van der Waals surface area contributed by atoms with E-state index in [1.807, 2.05) is 12.3 Å². The van der Waals surface area contributed by atoms with Crippen LogP contribution in [0.3, 0.4) is 0 Å². The molecular formula is C18H21I2N3. The molecule has 1 aromatic heterocycles. The van der Waals surface area contributed by atoms with Crippen molar-refractivity contribution in [3.05, 3.63) is 54.4 Å². The van der Waals surface area contributed by atoms with Gasteiger partial charge in [0.15, 0.2) is 0 Å². The molecule has 1 fully saturated rings. The van der Waals surface area contributed by atoms with Gasteiger partial charge in [-0.25, -0.2) is 0 Å². The first-order chi connectivity index (χ1) is 11.1. The van der Waals surface area contributed by atoms with Crippen molar-refractivity contribution in [2.75, 3.05) is 11.1 Å². The number of nitrogens with zero attached hydrogens (tertiary/aromatic N) is 2. The molecule has 3 nitrogen and oxygen atoms in total. The molecule has 1 aromatic carbocycles. The zero-order chi connectivity index (χ0) is 16.3. The van der Waals surface area contributed by atoms with Gasteiger partial charge in [-0.1, -0.05) is 75.9 Å². The van der Waals surface area contributed by atoms with Crippen molar-refractivity contribution in [2.45, 2.75) is 28.8 Å². The van der Waals surface area contributed by atoms with Crippen LogP contribution in [0.1, 0.15) is 24.8 Å². The summed E-state index contributed by atoms with van der Waals surface area (Å²) in [7, 11) is 0. The summed E-state index contributed by atoms with van der Waals surface area (Å²) >= 11 is 4.91. The van der Waals surface area contributed by atoms with Crippen molar-refractivity contribution in [3.8, 4) is 11.1 Å². The predicted molar refractivity (Wildman–Crippen MR) is 113 cm³/mol. The molecule has 5 heteroatoms. The number of halogens is 2. The molecule has 3 rings (SSSR count). The van der Waals surface area contributed by atoms with Gasteiger partial charge in [-0.3, -0.25) is 9.88 Å². The van der Waals surface area contributed by atoms with E-state index in [-0.39, 0.29) is 3.55 Å². The molecule has 2 N–H and O–H groups in total. The Kier molecular flexibility index (Phi) is 5.92. The summed E-state index contributed by atoms with van der Waals surface area (Å²) in [6, 6.07) is 13.1. The molecule has 0 aliphatic carbocycles. The Morgan fingerprint density at radius 3 is 2.78 bits per heavy atom. The second kappa shape index (κ2) is 7.76. The van der Waals surface area contributed by atoms with Gasteiger partial charge in [0.2, 0.25) is 0 Å². The molecule has 0 bridgehead atoms. The van der Waals surface area contributed by atoms with Gasteiger partial charge in [0.1, 0.15) is 3.55 Å². The normalized spacial score (nSPS) is 21.8. The molecule has 1 saturated heterocycles. The highest BCUT2D eigenvalue weighted by Gasteiger charge is 2.39. The molecule has 0 unspecified atom stereocenters. The number of piperidine rings is 1. The number of nitrogens with two attached hydrogens (primary N) is 1. The number of aromatic nitrogens is 1. The van der Waals surface area contributed by atoms with Crippen LogP contribution >= 0.6 is 45.2 Å². The van der Waals surface area contributed by atoms with Crippen LogP contribution in [0.15, 0.2) is 48.8 Å². The van der Waals surface area contributed by atoms with Gasteiger partial charge in [-0.2, -0.15) is 0 Å². The lowest BCUT2D eigenvalue weighted by atomic mass is 9.90. The van der Waals surface area contributed by atoms with Gasteiger partial charge in [0, 0.05) is 18.4 Å². The fraction of sp³-hybridized carbons (Fsp3) is 0.389. The molecule has 0 amide bonds. The second-order valence-electron chi connectivity index (χ2n) is 6.03. The third-order valence-corrected chi connectivity index (χ3v) is 6.77. The molecule has 2 aromatic rings. The van der Waals surface area contributed by atoms with Crippen LogP contribution in [0.4, 0.5) is 0 Å². The van der Waals surface area contributed by atoms with Crippen molar-refractivity contribution in [2.24, 2.45) is 5.73 Å². The maximum Gasteiger partial charge on any atom is 0.109 e. The van der Waals surface area contributed by atoms with Crippen LogP contribution in [-0.2, 0) is 3.55 Å². The lowest BCUT2D eigenvalue weighted by Crippen LogP contribution is -2.54. The van der Waals surface area contributed by atoms with Gasteiger partial charge in [0.05, 0.1) is 4.55 Å². The van der Waals surface area contributed by atoms with E-state index in [9.17, 15) is 0 Å². The minimum atomic E-state index is -0.373. The average molecular weight is 533 g/mol. The van der Waals surface area contributed by atoms with Crippen molar-refractivity contribution in [1.82, 2.24) is 9.88 Å². The molecule has 122 valence electrons. The molecule has 0 saturated carbocycles. The maximum atomic E-state index is 6.85. The number of hydrogen-bond donors (Lipinski definition) is 1. The summed E-state index contributed by atoms with van der Waals surface area (Å²) in [6.45, 7) is 1.15. The van der Waals surface area contributed by atoms with Gasteiger partial charge in [-0.15, -0.1) is 0 Å². The maximum absolute atomic E-state index is 6.85. The number of benzene rings is 1. The standard InChI is InChI=1S/C18H21I2N3/c19-13-23-10-2-1-8-17(23)18(20,21)16-7-3-5-14(11-16)15-6-4-9-22-12-15/h3-7,9,11-12,17H,1-2,8,10,13,21H2/t17-,18+/m0/s1. The van der Waals surface area contributed by atoms with E-state index in [2.05, 4.69) is 85.4 Å². The van der Waals surface area contributed by atoms with Crippen LogP contribution in [0.5, 0.6) is 0 Å². The van der Waals surface area contributed by atoms with Gasteiger partial charge < -0.3 is 5.73 Å². The summed E-state index contributed by atoms with van der Waals surface area (Å²) in [4.78, 5) is 6.75. The van der Waals surface area contributed by atoms with E-state index >= 15 is 0 Å². The molecule has 0 radical (unpaired) electrons. The molecule has 23 heavy (non-hydrogen) atoms. The SMILES string of the molecule is N[C@](I)(c1cccc(-c2cccnc2)c1)[C@@H]1CCCCN1CI. The average Bonchev–Trinajstić information content (AvgIpc) is 2.62. The van der Waals surface area contributed by atoms with Crippen LogP contribution in [0.2, 0.25) is 0 Å². The van der Waals surface area contributed by atoms with Crippen LogP contribution in [-0.4, -0.2) is 27.0 Å². The zero-order valence-corrected chi connectivity index (χ0v) is 17.3. The molecule has 2 heterocycles. The van der Waals surface area contributed by atoms with Crippen LogP contribution < -0.4 is 5.73 Å². The fourth-order valence-electron chi connectivity index (χ4n) is 3.27. The number of alkyl halides is 2. The van der Waals surface area contributed by atoms with E-state index in [0.717, 1.165) is 16.7 Å². The first-order valence-corrected chi connectivity index (χ1v) is 10.5. The van der Waals surface area contributed by atoms with Crippen LogP contribution in [0, 0.1) is 0 Å². The lowest BCUT2D eigenvalue weighted by Gasteiger charge is -2.43. The number of pyridine rings is 1. The first kappa shape index (κ1) is 17.6. The molecule has 1 aliphatic heterocycles. The van der Waals surface area contributed by atoms with Crippen LogP contribution in [0.25, 0.3) is 11.1 Å². The van der Waals surface area contributed by atoms with Gasteiger partial charge in [0.25, 0.3) is 0 Å². The van der Waals surface area contributed by atoms with E-state index in [1.54, 1.807) is 6.20 Å². The minimum absolute atomic E-state index is 0.373. The Morgan fingerprint density at radius 1 is 1.22 bits per heavy atom. The lowest BCUT2D eigenvalue weighted by molar-refractivity contribution is 0.150. The summed E-state index contributed by atoms with van der Waals surface area (Å²) < 4.78 is 0.661. The zero-order valence-electron chi connectivity index (χ0n) is 13.0. The second-order valence-corrected chi connectivity index (χ2v) is 8.50. The Balaban J connectivity index is 1.93. The third-order valence-electron chi connectivity index (χ3n) is 4.55. The first-order valence-electron chi connectivity index (χ1n) is 7.91. The smallest absolute Gasteiger partial charge is 0.109 e. The Bertz CT molecular complexity index is 646. The highest BCUT2D eigenvalue weighted by atomic mass is 127. The summed E-state index contributed by atoms with van der Waals surface area (Å²) in [5, 5.41) is 0. The molecule has 1 aliphatic rings. The van der Waals surface area contributed by atoms with Crippen molar-refractivity contribution >= 4 is 45.2 Å². The van der Waals surface area contributed by atoms with E-state index < -0.39 is 0 Å². The molecule has 2 atom stereocenters. The fourth-order valence-corrected chi connectivity index (χ4v) is 5.13. The Hall–Kier alpha value is -0.250. The van der Waals surface area contributed by atoms with Gasteiger partial charge in [-0.05, 0) is 48.2 Å². The summed E-state index contributed by atoms with van der Waals surface area (Å²) in [5.41, 5.74) is 10.4. The quantitative estimate of drug-likeness (QED) is 0.357. The minimum Gasteiger partial charge on any atom is -0.312 e. The Morgan fingerprint density at radius 2 is 2.04 bits per heavy atom. The number of hydrogen-bond acceptors (Lipinski definition) is 3. The third kappa shape index (κ3) is 3.88. The van der Waals surface area contributed by atoms with Crippen molar-refractivity contribution in [1.29, 1.82) is 0 Å². The topological polar surface area (TPSA) is 42.1 Å². The number of likely N-dealkylation sites (tertiary alicyclic amines) is 1. The predicted octanol–water partition coefficient (Wildman–Crippen LogP) is 4.54. The highest BCUT2D eigenvalue weighted by Crippen LogP contribution is 2.39. The van der Waals surface area contributed by atoms with Crippen molar-refractivity contribution in [3.63, 3.8) is 0 Å². The monoisotopic (exact) mass is 533 g/mol. The highest BCUT2D eigenvalue weighted by molar-refractivity contribution is 14.1. The molecular weight excluding hydrogens is 512 g/mol. The Labute approximate surface area is 165 Å². The molecule has 0 spiro atoms. The largest absolute Gasteiger partial charge is 0.312 e. The summed E-state index contributed by atoms with van der Waals surface area (Å²) in [6.07, 6.45) is 7.42. The number of rotatable bonds is 4. The van der Waals surface area contributed by atoms with E-state index in [1.165, 1.54) is 30.4 Å². The van der Waals surface area contributed by atoms with E-state index in [4.69, 9.17) is 5.73 Å². The summed E-state index contributed by atoms with van der Waals surface area (Å²) in [5.74, 6) is 0. The van der Waals surface area contributed by atoms with E-state index in [0.29, 0.717) is 6.04 Å². The van der Waals surface area contributed by atoms with Crippen molar-refractivity contribution < 1.29 is 0 Å².